The summed E-state index contributed by atoms with van der Waals surface area (Å²) in [6.07, 6.45) is 0. The lowest BCUT2D eigenvalue weighted by molar-refractivity contribution is -0.0184. The van der Waals surface area contributed by atoms with Crippen LogP contribution in [0.15, 0.2) is 18.2 Å². The van der Waals surface area contributed by atoms with E-state index in [-0.39, 0.29) is 6.04 Å². The highest BCUT2D eigenvalue weighted by Gasteiger charge is 2.24. The van der Waals surface area contributed by atoms with Gasteiger partial charge in [-0.2, -0.15) is 0 Å². The van der Waals surface area contributed by atoms with Crippen LogP contribution < -0.4 is 14.8 Å². The minimum absolute atomic E-state index is 0.282. The molecular formula is C18H28N2O3. The van der Waals surface area contributed by atoms with Gasteiger partial charge in [-0.05, 0) is 38.5 Å². The summed E-state index contributed by atoms with van der Waals surface area (Å²) in [6.45, 7) is 11.6. The molecular weight excluding hydrogens is 292 g/mol. The minimum atomic E-state index is 0.282. The molecule has 0 unspecified atom stereocenters. The minimum Gasteiger partial charge on any atom is -0.486 e. The Hall–Kier alpha value is -1.30. The van der Waals surface area contributed by atoms with E-state index in [2.05, 4.69) is 43.1 Å². The Morgan fingerprint density at radius 1 is 1.17 bits per heavy atom. The van der Waals surface area contributed by atoms with Crippen LogP contribution in [0.25, 0.3) is 0 Å². The molecule has 2 heterocycles. The summed E-state index contributed by atoms with van der Waals surface area (Å²) < 4.78 is 16.8. The van der Waals surface area contributed by atoms with Crippen LogP contribution in [0.5, 0.6) is 11.5 Å². The van der Waals surface area contributed by atoms with E-state index in [0.29, 0.717) is 25.3 Å². The molecule has 0 amide bonds. The normalized spacial score (nSPS) is 24.2. The summed E-state index contributed by atoms with van der Waals surface area (Å²) in [4.78, 5) is 2.52. The molecule has 0 saturated carbocycles. The fraction of sp³-hybridized carbons (Fsp3) is 0.667. The van der Waals surface area contributed by atoms with Crippen molar-refractivity contribution in [3.63, 3.8) is 0 Å². The van der Waals surface area contributed by atoms with Crippen molar-refractivity contribution in [1.82, 2.24) is 10.2 Å². The number of hydrogen-bond donors (Lipinski definition) is 1. The van der Waals surface area contributed by atoms with Gasteiger partial charge in [0.15, 0.2) is 11.5 Å². The summed E-state index contributed by atoms with van der Waals surface area (Å²) in [5.41, 5.74) is 1.23. The first-order valence-corrected chi connectivity index (χ1v) is 8.61. The van der Waals surface area contributed by atoms with Gasteiger partial charge in [-0.3, -0.25) is 4.90 Å². The first-order valence-electron chi connectivity index (χ1n) is 8.61. The van der Waals surface area contributed by atoms with Crippen LogP contribution in [0.2, 0.25) is 0 Å². The number of benzene rings is 1. The number of hydrogen-bond acceptors (Lipinski definition) is 5. The van der Waals surface area contributed by atoms with Gasteiger partial charge in [0.25, 0.3) is 0 Å². The molecule has 128 valence electrons. The van der Waals surface area contributed by atoms with E-state index in [4.69, 9.17) is 14.2 Å². The second kappa shape index (κ2) is 7.51. The van der Waals surface area contributed by atoms with Crippen LogP contribution in [0.1, 0.15) is 32.4 Å². The van der Waals surface area contributed by atoms with Crippen LogP contribution in [0.3, 0.4) is 0 Å². The van der Waals surface area contributed by atoms with Crippen LogP contribution in [0, 0.1) is 0 Å². The predicted octanol–water partition coefficient (Wildman–Crippen LogP) is 2.22. The summed E-state index contributed by atoms with van der Waals surface area (Å²) in [5.74, 6) is 1.71. The zero-order valence-electron chi connectivity index (χ0n) is 14.4. The number of nitrogens with zero attached hydrogens (tertiary/aromatic N) is 1. The van der Waals surface area contributed by atoms with Gasteiger partial charge in [0, 0.05) is 31.2 Å². The molecule has 5 nitrogen and oxygen atoms in total. The molecule has 1 aromatic rings. The van der Waals surface area contributed by atoms with Gasteiger partial charge in [0.2, 0.25) is 0 Å². The molecule has 2 aliphatic heterocycles. The maximum Gasteiger partial charge on any atom is 0.161 e. The standard InChI is InChI=1S/C18H28N2O3/c1-13(20-6-7-21-12-14(20)2)11-19-15(3)16-4-5-17-18(10-16)23-9-8-22-17/h4-5,10,13-15,19H,6-9,11-12H2,1-3H3/t13-,14+,15-/m0/s1. The number of rotatable bonds is 5. The maximum atomic E-state index is 5.67. The molecule has 3 atom stereocenters. The van der Waals surface area contributed by atoms with E-state index in [9.17, 15) is 0 Å². The largest absolute Gasteiger partial charge is 0.486 e. The summed E-state index contributed by atoms with van der Waals surface area (Å²) in [7, 11) is 0. The highest BCUT2D eigenvalue weighted by atomic mass is 16.6. The Labute approximate surface area is 138 Å². The smallest absolute Gasteiger partial charge is 0.161 e. The first kappa shape index (κ1) is 16.6. The van der Waals surface area contributed by atoms with Crippen LogP contribution >= 0.6 is 0 Å². The van der Waals surface area contributed by atoms with Crippen molar-refractivity contribution >= 4 is 0 Å². The fourth-order valence-corrected chi connectivity index (χ4v) is 3.31. The lowest BCUT2D eigenvalue weighted by Gasteiger charge is -2.38. The molecule has 23 heavy (non-hydrogen) atoms. The van der Waals surface area contributed by atoms with E-state index in [0.717, 1.165) is 37.8 Å². The quantitative estimate of drug-likeness (QED) is 0.901. The molecule has 2 aliphatic rings. The van der Waals surface area contributed by atoms with E-state index in [1.165, 1.54) is 5.56 Å². The van der Waals surface area contributed by atoms with Crippen molar-refractivity contribution in [2.75, 3.05) is 39.5 Å². The topological polar surface area (TPSA) is 43.0 Å². The van der Waals surface area contributed by atoms with Gasteiger partial charge in [0.05, 0.1) is 13.2 Å². The summed E-state index contributed by atoms with van der Waals surface area (Å²) in [5, 5.41) is 3.64. The third-order valence-electron chi connectivity index (χ3n) is 4.77. The summed E-state index contributed by atoms with van der Waals surface area (Å²) >= 11 is 0. The lowest BCUT2D eigenvalue weighted by atomic mass is 10.1. The highest BCUT2D eigenvalue weighted by Crippen LogP contribution is 2.32. The number of nitrogens with one attached hydrogen (secondary N) is 1. The van der Waals surface area contributed by atoms with Crippen LogP contribution in [-0.2, 0) is 4.74 Å². The molecule has 1 N–H and O–H groups in total. The SMILES string of the molecule is C[C@H](NC[C@H](C)N1CCOC[C@H]1C)c1ccc2c(c1)OCCO2. The molecule has 0 bridgehead atoms. The predicted molar refractivity (Wildman–Crippen MR) is 90.3 cm³/mol. The highest BCUT2D eigenvalue weighted by molar-refractivity contribution is 5.44. The van der Waals surface area contributed by atoms with Crippen molar-refractivity contribution in [2.24, 2.45) is 0 Å². The van der Waals surface area contributed by atoms with E-state index in [1.54, 1.807) is 0 Å². The van der Waals surface area contributed by atoms with E-state index < -0.39 is 0 Å². The third kappa shape index (κ3) is 3.97. The van der Waals surface area contributed by atoms with Gasteiger partial charge in [0.1, 0.15) is 13.2 Å². The first-order chi connectivity index (χ1) is 11.1. The second-order valence-corrected chi connectivity index (χ2v) is 6.54. The Morgan fingerprint density at radius 3 is 2.74 bits per heavy atom. The molecule has 0 aliphatic carbocycles. The Balaban J connectivity index is 1.55. The fourth-order valence-electron chi connectivity index (χ4n) is 3.31. The van der Waals surface area contributed by atoms with Gasteiger partial charge in [-0.1, -0.05) is 6.07 Å². The third-order valence-corrected chi connectivity index (χ3v) is 4.77. The molecule has 1 saturated heterocycles. The molecule has 0 spiro atoms. The second-order valence-electron chi connectivity index (χ2n) is 6.54. The van der Waals surface area contributed by atoms with Gasteiger partial charge < -0.3 is 19.5 Å². The van der Waals surface area contributed by atoms with Crippen molar-refractivity contribution < 1.29 is 14.2 Å². The zero-order chi connectivity index (χ0) is 16.2. The average molecular weight is 320 g/mol. The lowest BCUT2D eigenvalue weighted by Crippen LogP contribution is -2.51. The van der Waals surface area contributed by atoms with Crippen molar-refractivity contribution in [1.29, 1.82) is 0 Å². The average Bonchev–Trinajstić information content (AvgIpc) is 2.59. The van der Waals surface area contributed by atoms with Crippen LogP contribution in [-0.4, -0.2) is 56.5 Å². The van der Waals surface area contributed by atoms with Crippen LogP contribution in [0.4, 0.5) is 0 Å². The molecule has 1 fully saturated rings. The van der Waals surface area contributed by atoms with Crippen molar-refractivity contribution in [2.45, 2.75) is 38.9 Å². The van der Waals surface area contributed by atoms with Crippen molar-refractivity contribution in [3.05, 3.63) is 23.8 Å². The van der Waals surface area contributed by atoms with E-state index in [1.807, 2.05) is 6.07 Å². The number of ether oxygens (including phenoxy) is 3. The van der Waals surface area contributed by atoms with E-state index >= 15 is 0 Å². The number of fused-ring (bicyclic) bond motifs is 1. The number of morpholine rings is 1. The molecule has 5 heteroatoms. The Bertz CT molecular complexity index is 523. The Kier molecular flexibility index (Phi) is 5.41. The van der Waals surface area contributed by atoms with Gasteiger partial charge >= 0.3 is 0 Å². The molecule has 1 aromatic carbocycles. The van der Waals surface area contributed by atoms with Crippen molar-refractivity contribution in [3.8, 4) is 11.5 Å². The van der Waals surface area contributed by atoms with Gasteiger partial charge in [-0.15, -0.1) is 0 Å². The molecule has 0 radical (unpaired) electrons. The van der Waals surface area contributed by atoms with Gasteiger partial charge in [-0.25, -0.2) is 0 Å². The summed E-state index contributed by atoms with van der Waals surface area (Å²) in [6, 6.07) is 7.49. The monoisotopic (exact) mass is 320 g/mol. The zero-order valence-corrected chi connectivity index (χ0v) is 14.4. The molecule has 3 rings (SSSR count). The maximum absolute atomic E-state index is 5.67. The molecule has 0 aromatic heterocycles. The Morgan fingerprint density at radius 2 is 1.96 bits per heavy atom.